The average molecular weight is 269 g/mol. The predicted molar refractivity (Wildman–Crippen MR) is 80.2 cm³/mol. The zero-order valence-corrected chi connectivity index (χ0v) is 13.3. The molecule has 0 bridgehead atoms. The molecule has 1 heterocycles. The molecule has 1 aromatic rings. The summed E-state index contributed by atoms with van der Waals surface area (Å²) in [5.74, 6) is 0.736. The van der Waals surface area contributed by atoms with E-state index in [0.29, 0.717) is 12.1 Å². The van der Waals surface area contributed by atoms with Gasteiger partial charge in [-0.25, -0.2) is 4.98 Å². The van der Waals surface area contributed by atoms with Crippen molar-refractivity contribution in [3.8, 4) is 0 Å². The number of nitrogens with zero attached hydrogens (tertiary/aromatic N) is 2. The van der Waals surface area contributed by atoms with Crippen molar-refractivity contribution in [1.82, 2.24) is 15.2 Å². The largest absolute Gasteiger partial charge is 0.308 e. The van der Waals surface area contributed by atoms with E-state index < -0.39 is 0 Å². The van der Waals surface area contributed by atoms with Crippen LogP contribution in [0, 0.1) is 12.8 Å². The molecule has 18 heavy (non-hydrogen) atoms. The Morgan fingerprint density at radius 1 is 1.33 bits per heavy atom. The highest BCUT2D eigenvalue weighted by Gasteiger charge is 2.16. The fourth-order valence-electron chi connectivity index (χ4n) is 2.15. The normalized spacial score (nSPS) is 15.3. The molecule has 0 radical (unpaired) electrons. The van der Waals surface area contributed by atoms with Crippen molar-refractivity contribution in [1.29, 1.82) is 0 Å². The lowest BCUT2D eigenvalue weighted by molar-refractivity contribution is 0.242. The van der Waals surface area contributed by atoms with E-state index in [-0.39, 0.29) is 0 Å². The molecule has 104 valence electrons. The van der Waals surface area contributed by atoms with Crippen molar-refractivity contribution in [3.05, 3.63) is 16.1 Å². The molecule has 0 aromatic carbocycles. The Bertz CT molecular complexity index is 347. The van der Waals surface area contributed by atoms with Gasteiger partial charge < -0.3 is 10.2 Å². The van der Waals surface area contributed by atoms with Gasteiger partial charge in [0.05, 0.1) is 11.2 Å². The van der Waals surface area contributed by atoms with Crippen LogP contribution in [0.3, 0.4) is 0 Å². The highest BCUT2D eigenvalue weighted by molar-refractivity contribution is 7.09. The maximum atomic E-state index is 4.32. The van der Waals surface area contributed by atoms with Gasteiger partial charge >= 0.3 is 0 Å². The molecule has 0 spiro atoms. The first-order valence-electron chi connectivity index (χ1n) is 6.71. The number of likely N-dealkylation sites (N-methyl/N-ethyl adjacent to an activating group) is 1. The predicted octanol–water partition coefficient (Wildman–Crippen LogP) is 3.08. The maximum absolute atomic E-state index is 4.32. The molecule has 1 rings (SSSR count). The second-order valence-electron chi connectivity index (χ2n) is 5.68. The number of aromatic nitrogens is 1. The van der Waals surface area contributed by atoms with Gasteiger partial charge in [0.15, 0.2) is 0 Å². The van der Waals surface area contributed by atoms with Crippen molar-refractivity contribution in [2.45, 2.75) is 46.2 Å². The van der Waals surface area contributed by atoms with Gasteiger partial charge in [-0.2, -0.15) is 0 Å². The summed E-state index contributed by atoms with van der Waals surface area (Å²) in [6.07, 6.45) is 1.23. The van der Waals surface area contributed by atoms with Crippen molar-refractivity contribution < 1.29 is 0 Å². The molecule has 0 amide bonds. The van der Waals surface area contributed by atoms with Crippen LogP contribution in [0.4, 0.5) is 0 Å². The third kappa shape index (κ3) is 4.67. The van der Waals surface area contributed by atoms with Gasteiger partial charge in [-0.05, 0) is 40.3 Å². The number of nitrogens with one attached hydrogen (secondary N) is 1. The molecule has 0 saturated carbocycles. The van der Waals surface area contributed by atoms with Crippen LogP contribution in [-0.4, -0.2) is 36.6 Å². The number of thiazole rings is 1. The number of rotatable bonds is 7. The van der Waals surface area contributed by atoms with Crippen LogP contribution in [0.25, 0.3) is 0 Å². The summed E-state index contributed by atoms with van der Waals surface area (Å²) in [6.45, 7) is 9.91. The second-order valence-corrected chi connectivity index (χ2v) is 6.57. The van der Waals surface area contributed by atoms with Crippen LogP contribution in [0.5, 0.6) is 0 Å². The SMILES string of the molecule is Cc1ncsc1C(C)NCC(CC(C)C)N(C)C. The fraction of sp³-hybridized carbons (Fsp3) is 0.786. The van der Waals surface area contributed by atoms with Gasteiger partial charge in [0.1, 0.15) is 0 Å². The van der Waals surface area contributed by atoms with Crippen LogP contribution in [0.15, 0.2) is 5.51 Å². The third-order valence-corrected chi connectivity index (χ3v) is 4.42. The lowest BCUT2D eigenvalue weighted by Gasteiger charge is -2.27. The Labute approximate surface area is 116 Å². The van der Waals surface area contributed by atoms with E-state index in [4.69, 9.17) is 0 Å². The molecule has 0 aliphatic rings. The monoisotopic (exact) mass is 269 g/mol. The Morgan fingerprint density at radius 2 is 2.00 bits per heavy atom. The first-order chi connectivity index (χ1) is 8.41. The van der Waals surface area contributed by atoms with Gasteiger partial charge in [0.25, 0.3) is 0 Å². The molecular formula is C14H27N3S. The summed E-state index contributed by atoms with van der Waals surface area (Å²) >= 11 is 1.74. The Hall–Kier alpha value is -0.450. The van der Waals surface area contributed by atoms with Gasteiger partial charge in [0.2, 0.25) is 0 Å². The van der Waals surface area contributed by atoms with Gasteiger partial charge in [-0.1, -0.05) is 13.8 Å². The minimum atomic E-state index is 0.395. The summed E-state index contributed by atoms with van der Waals surface area (Å²) in [5.41, 5.74) is 3.09. The first-order valence-corrected chi connectivity index (χ1v) is 7.59. The highest BCUT2D eigenvalue weighted by Crippen LogP contribution is 2.21. The van der Waals surface area contributed by atoms with Crippen LogP contribution >= 0.6 is 11.3 Å². The minimum absolute atomic E-state index is 0.395. The molecule has 0 aliphatic heterocycles. The maximum Gasteiger partial charge on any atom is 0.0798 e. The van der Waals surface area contributed by atoms with E-state index in [9.17, 15) is 0 Å². The molecule has 1 aromatic heterocycles. The zero-order valence-electron chi connectivity index (χ0n) is 12.5. The van der Waals surface area contributed by atoms with E-state index in [1.54, 1.807) is 11.3 Å². The molecule has 0 saturated heterocycles. The highest BCUT2D eigenvalue weighted by atomic mass is 32.1. The topological polar surface area (TPSA) is 28.2 Å². The van der Waals surface area contributed by atoms with Gasteiger partial charge in [-0.3, -0.25) is 0 Å². The third-order valence-electron chi connectivity index (χ3n) is 3.31. The molecule has 0 fully saturated rings. The summed E-state index contributed by atoms with van der Waals surface area (Å²) < 4.78 is 0. The van der Waals surface area contributed by atoms with Crippen LogP contribution < -0.4 is 5.32 Å². The minimum Gasteiger partial charge on any atom is -0.308 e. The van der Waals surface area contributed by atoms with E-state index in [2.05, 4.69) is 57.0 Å². The molecule has 0 aliphatic carbocycles. The average Bonchev–Trinajstić information content (AvgIpc) is 2.69. The summed E-state index contributed by atoms with van der Waals surface area (Å²) in [5, 5.41) is 3.64. The van der Waals surface area contributed by atoms with Crippen LogP contribution in [0.2, 0.25) is 0 Å². The van der Waals surface area contributed by atoms with E-state index in [1.807, 2.05) is 5.51 Å². The summed E-state index contributed by atoms with van der Waals surface area (Å²) in [6, 6.07) is 0.993. The summed E-state index contributed by atoms with van der Waals surface area (Å²) in [7, 11) is 4.33. The van der Waals surface area contributed by atoms with Crippen molar-refractivity contribution in [2.75, 3.05) is 20.6 Å². The van der Waals surface area contributed by atoms with Crippen molar-refractivity contribution in [3.63, 3.8) is 0 Å². The van der Waals surface area contributed by atoms with E-state index in [0.717, 1.165) is 18.2 Å². The standard InChI is InChI=1S/C14H27N3S/c1-10(2)7-13(17(5)6)8-15-11(3)14-12(4)16-9-18-14/h9-11,13,15H,7-8H2,1-6H3. The quantitative estimate of drug-likeness (QED) is 0.824. The van der Waals surface area contributed by atoms with Crippen molar-refractivity contribution >= 4 is 11.3 Å². The van der Waals surface area contributed by atoms with Gasteiger partial charge in [-0.15, -0.1) is 11.3 Å². The number of hydrogen-bond donors (Lipinski definition) is 1. The van der Waals surface area contributed by atoms with E-state index in [1.165, 1.54) is 11.3 Å². The Balaban J connectivity index is 2.49. The number of hydrogen-bond acceptors (Lipinski definition) is 4. The molecule has 3 nitrogen and oxygen atoms in total. The fourth-order valence-corrected chi connectivity index (χ4v) is 2.99. The van der Waals surface area contributed by atoms with Crippen LogP contribution in [-0.2, 0) is 0 Å². The second kappa shape index (κ2) is 7.22. The molecule has 2 unspecified atom stereocenters. The van der Waals surface area contributed by atoms with Crippen molar-refractivity contribution in [2.24, 2.45) is 5.92 Å². The molecule has 2 atom stereocenters. The molecule has 4 heteroatoms. The first kappa shape index (κ1) is 15.6. The number of aryl methyl sites for hydroxylation is 1. The van der Waals surface area contributed by atoms with Crippen LogP contribution in [0.1, 0.15) is 43.8 Å². The van der Waals surface area contributed by atoms with Gasteiger partial charge in [0, 0.05) is 23.5 Å². The summed E-state index contributed by atoms with van der Waals surface area (Å²) in [4.78, 5) is 7.99. The Morgan fingerprint density at radius 3 is 2.44 bits per heavy atom. The molecule has 1 N–H and O–H groups in total. The molecular weight excluding hydrogens is 242 g/mol. The smallest absolute Gasteiger partial charge is 0.0798 e. The van der Waals surface area contributed by atoms with E-state index >= 15 is 0 Å². The lowest BCUT2D eigenvalue weighted by atomic mass is 10.0. The zero-order chi connectivity index (χ0) is 13.7. The lowest BCUT2D eigenvalue weighted by Crippen LogP contribution is -2.39. The Kier molecular flexibility index (Phi) is 6.26.